The number of ether oxygens (including phenoxy) is 1. The first-order chi connectivity index (χ1) is 13.1. The lowest BCUT2D eigenvalue weighted by molar-refractivity contribution is -0.0501. The molecule has 0 spiro atoms. The first kappa shape index (κ1) is 19.9. The molecule has 0 N–H and O–H groups in total. The zero-order valence-corrected chi connectivity index (χ0v) is 15.8. The van der Waals surface area contributed by atoms with Gasteiger partial charge in [-0.15, -0.1) is 5.10 Å². The van der Waals surface area contributed by atoms with Gasteiger partial charge in [-0.1, -0.05) is 13.8 Å². The van der Waals surface area contributed by atoms with Crippen molar-refractivity contribution in [3.8, 4) is 17.1 Å². The molecular weight excluding hydrogens is 378 g/mol. The molecule has 0 amide bonds. The molecule has 0 aliphatic carbocycles. The molecule has 2 aromatic heterocycles. The van der Waals surface area contributed by atoms with E-state index in [1.807, 2.05) is 19.9 Å². The van der Waals surface area contributed by atoms with Crippen molar-refractivity contribution >= 4 is 5.52 Å². The Labute approximate surface area is 158 Å². The summed E-state index contributed by atoms with van der Waals surface area (Å²) in [6.07, 6.45) is 0. The Morgan fingerprint density at radius 3 is 2.25 bits per heavy atom. The molecular formula is C19H19F4N3O2. The van der Waals surface area contributed by atoms with Gasteiger partial charge in [0, 0.05) is 24.4 Å². The van der Waals surface area contributed by atoms with Crippen LogP contribution in [0.4, 0.5) is 17.6 Å². The summed E-state index contributed by atoms with van der Waals surface area (Å²) in [7, 11) is 0. The molecule has 9 heteroatoms. The highest BCUT2D eigenvalue weighted by Gasteiger charge is 2.24. The molecule has 5 nitrogen and oxygen atoms in total. The molecule has 0 fully saturated rings. The lowest BCUT2D eigenvalue weighted by atomic mass is 10.1. The van der Waals surface area contributed by atoms with Gasteiger partial charge in [0.15, 0.2) is 5.82 Å². The minimum absolute atomic E-state index is 0.0496. The number of benzene rings is 1. The Bertz CT molecular complexity index is 1080. The fourth-order valence-electron chi connectivity index (χ4n) is 3.22. The molecule has 150 valence electrons. The van der Waals surface area contributed by atoms with Crippen LogP contribution in [0.1, 0.15) is 37.9 Å². The zero-order valence-electron chi connectivity index (χ0n) is 15.8. The summed E-state index contributed by atoms with van der Waals surface area (Å²) < 4.78 is 60.5. The molecule has 3 rings (SSSR count). The number of aryl methyl sites for hydroxylation is 1. The number of hydrogen-bond acceptors (Lipinski definition) is 3. The van der Waals surface area contributed by atoms with Gasteiger partial charge in [-0.05, 0) is 31.4 Å². The average molecular weight is 397 g/mol. The van der Waals surface area contributed by atoms with Crippen LogP contribution >= 0.6 is 0 Å². The van der Waals surface area contributed by atoms with Gasteiger partial charge < -0.3 is 4.74 Å². The maximum absolute atomic E-state index is 14.6. The van der Waals surface area contributed by atoms with Crippen LogP contribution in [0.25, 0.3) is 16.9 Å². The molecule has 0 aliphatic heterocycles. The summed E-state index contributed by atoms with van der Waals surface area (Å²) in [5.74, 6) is -3.14. The molecule has 0 saturated carbocycles. The van der Waals surface area contributed by atoms with Crippen LogP contribution < -0.4 is 10.3 Å². The van der Waals surface area contributed by atoms with Crippen LogP contribution in [0.3, 0.4) is 0 Å². The van der Waals surface area contributed by atoms with E-state index in [0.29, 0.717) is 23.3 Å². The van der Waals surface area contributed by atoms with E-state index in [9.17, 15) is 22.4 Å². The number of rotatable bonds is 5. The number of hydrogen-bond donors (Lipinski definition) is 0. The van der Waals surface area contributed by atoms with Crippen molar-refractivity contribution in [1.82, 2.24) is 14.2 Å². The molecule has 1 aromatic carbocycles. The predicted octanol–water partition coefficient (Wildman–Crippen LogP) is 4.49. The van der Waals surface area contributed by atoms with Crippen LogP contribution in [0.5, 0.6) is 5.75 Å². The Kier molecular flexibility index (Phi) is 5.18. The van der Waals surface area contributed by atoms with E-state index in [2.05, 4.69) is 9.84 Å². The van der Waals surface area contributed by atoms with E-state index in [4.69, 9.17) is 0 Å². The average Bonchev–Trinajstić information content (AvgIpc) is 2.91. The van der Waals surface area contributed by atoms with Gasteiger partial charge in [-0.2, -0.15) is 8.78 Å². The minimum Gasteiger partial charge on any atom is -0.435 e. The van der Waals surface area contributed by atoms with Gasteiger partial charge in [0.05, 0.1) is 5.56 Å². The summed E-state index contributed by atoms with van der Waals surface area (Å²) in [5.41, 5.74) is 0.749. The normalized spacial score (nSPS) is 11.8. The lowest BCUT2D eigenvalue weighted by Gasteiger charge is -2.15. The maximum Gasteiger partial charge on any atom is 0.387 e. The number of nitrogens with zero attached hydrogens (tertiary/aromatic N) is 3. The number of aromatic nitrogens is 3. The number of alkyl halides is 2. The highest BCUT2D eigenvalue weighted by molar-refractivity contribution is 5.63. The fourth-order valence-corrected chi connectivity index (χ4v) is 3.22. The minimum atomic E-state index is -3.22. The van der Waals surface area contributed by atoms with Gasteiger partial charge in [0.2, 0.25) is 0 Å². The second kappa shape index (κ2) is 7.29. The molecule has 0 atom stereocenters. The molecule has 0 bridgehead atoms. The zero-order chi connectivity index (χ0) is 20.7. The second-order valence-electron chi connectivity index (χ2n) is 6.67. The van der Waals surface area contributed by atoms with Crippen LogP contribution in [0.2, 0.25) is 0 Å². The Balaban J connectivity index is 2.33. The summed E-state index contributed by atoms with van der Waals surface area (Å²) in [6.45, 7) is 4.15. The number of fused-ring (bicyclic) bond motifs is 1. The van der Waals surface area contributed by atoms with E-state index in [0.717, 1.165) is 10.1 Å². The maximum atomic E-state index is 14.6. The highest BCUT2D eigenvalue weighted by Crippen LogP contribution is 2.30. The number of halogens is 4. The van der Waals surface area contributed by atoms with E-state index in [-0.39, 0.29) is 18.3 Å². The van der Waals surface area contributed by atoms with Gasteiger partial charge >= 0.3 is 6.61 Å². The topological polar surface area (TPSA) is 48.5 Å². The summed E-state index contributed by atoms with van der Waals surface area (Å²) in [6, 6.07) is 3.09. The van der Waals surface area contributed by atoms with Crippen LogP contribution in [0, 0.1) is 18.6 Å². The molecule has 0 saturated heterocycles. The molecule has 0 aliphatic rings. The van der Waals surface area contributed by atoms with Crippen molar-refractivity contribution in [3.05, 3.63) is 51.4 Å². The van der Waals surface area contributed by atoms with Gasteiger partial charge in [0.1, 0.15) is 22.9 Å². The Morgan fingerprint density at radius 1 is 1.14 bits per heavy atom. The molecule has 0 unspecified atom stereocenters. The lowest BCUT2D eigenvalue weighted by Crippen LogP contribution is -2.26. The van der Waals surface area contributed by atoms with Crippen molar-refractivity contribution in [2.45, 2.75) is 46.8 Å². The largest absolute Gasteiger partial charge is 0.435 e. The molecule has 3 aromatic rings. The molecule has 28 heavy (non-hydrogen) atoms. The Hall–Kier alpha value is -2.84. The van der Waals surface area contributed by atoms with E-state index < -0.39 is 35.1 Å². The summed E-state index contributed by atoms with van der Waals surface area (Å²) in [5, 5.41) is 4.30. The monoisotopic (exact) mass is 397 g/mol. The van der Waals surface area contributed by atoms with E-state index in [1.165, 1.54) is 4.52 Å². The van der Waals surface area contributed by atoms with E-state index in [1.54, 1.807) is 13.8 Å². The van der Waals surface area contributed by atoms with Gasteiger partial charge in [-0.3, -0.25) is 9.36 Å². The Morgan fingerprint density at radius 2 is 1.75 bits per heavy atom. The van der Waals surface area contributed by atoms with Crippen molar-refractivity contribution in [2.24, 2.45) is 0 Å². The third-order valence-electron chi connectivity index (χ3n) is 4.48. The van der Waals surface area contributed by atoms with Crippen LogP contribution in [-0.4, -0.2) is 20.8 Å². The summed E-state index contributed by atoms with van der Waals surface area (Å²) in [4.78, 5) is 13.1. The van der Waals surface area contributed by atoms with Crippen molar-refractivity contribution < 1.29 is 22.3 Å². The second-order valence-corrected chi connectivity index (χ2v) is 6.67. The molecule has 2 heterocycles. The van der Waals surface area contributed by atoms with Crippen LogP contribution in [0.15, 0.2) is 23.0 Å². The van der Waals surface area contributed by atoms with Gasteiger partial charge in [0.25, 0.3) is 5.56 Å². The fraction of sp³-hybridized carbons (Fsp3) is 0.368. The van der Waals surface area contributed by atoms with Crippen molar-refractivity contribution in [2.75, 3.05) is 0 Å². The van der Waals surface area contributed by atoms with Crippen molar-refractivity contribution in [3.63, 3.8) is 0 Å². The third kappa shape index (κ3) is 3.25. The highest BCUT2D eigenvalue weighted by atomic mass is 19.3. The third-order valence-corrected chi connectivity index (χ3v) is 4.48. The van der Waals surface area contributed by atoms with E-state index >= 15 is 0 Å². The smallest absolute Gasteiger partial charge is 0.387 e. The summed E-state index contributed by atoms with van der Waals surface area (Å²) >= 11 is 0. The first-order valence-electron chi connectivity index (χ1n) is 8.73. The quantitative estimate of drug-likeness (QED) is 0.596. The predicted molar refractivity (Wildman–Crippen MR) is 95.9 cm³/mol. The van der Waals surface area contributed by atoms with Crippen molar-refractivity contribution in [1.29, 1.82) is 0 Å². The SMILES string of the molecule is CCn1c(-c2c(F)cc(OC(F)F)cc2F)nn2c(C)cc(C(C)C)c2c1=O. The van der Waals surface area contributed by atoms with Crippen LogP contribution in [-0.2, 0) is 6.54 Å². The first-order valence-corrected chi connectivity index (χ1v) is 8.73. The molecule has 0 radical (unpaired) electrons. The standard InChI is InChI=1S/C19H19F4N3O2/c1-5-25-17(15-13(20)7-11(8-14(15)21)28-19(22)23)24-26-10(4)6-12(9(2)3)16(26)18(25)27/h6-9,19H,5H2,1-4H3. The van der Waals surface area contributed by atoms with Gasteiger partial charge in [-0.25, -0.2) is 13.3 Å².